The third kappa shape index (κ3) is 1.78. The van der Waals surface area contributed by atoms with Crippen molar-refractivity contribution in [3.05, 3.63) is 28.8 Å². The Morgan fingerprint density at radius 1 is 1.67 bits per heavy atom. The number of anilines is 1. The minimum atomic E-state index is -2.28. The highest BCUT2D eigenvalue weighted by Gasteiger charge is 2.51. The molecule has 1 saturated carbocycles. The Bertz CT molecular complexity index is 785. The predicted octanol–water partition coefficient (Wildman–Crippen LogP) is -0.736. The topological polar surface area (TPSA) is 130 Å². The van der Waals surface area contributed by atoms with Crippen LogP contribution in [-0.4, -0.2) is 48.1 Å². The molecule has 2 aromatic heterocycles. The van der Waals surface area contributed by atoms with E-state index in [4.69, 9.17) is 5.73 Å². The molecule has 21 heavy (non-hydrogen) atoms. The van der Waals surface area contributed by atoms with E-state index in [1.54, 1.807) is 0 Å². The monoisotopic (exact) mass is 295 g/mol. The molecule has 112 valence electrons. The fourth-order valence-corrected chi connectivity index (χ4v) is 2.69. The molecule has 0 saturated heterocycles. The van der Waals surface area contributed by atoms with Crippen molar-refractivity contribution in [3.8, 4) is 0 Å². The van der Waals surface area contributed by atoms with Crippen LogP contribution in [-0.2, 0) is 0 Å². The number of H-pyrrole nitrogens is 1. The Balaban J connectivity index is 2.15. The van der Waals surface area contributed by atoms with Crippen LogP contribution >= 0.6 is 0 Å². The zero-order valence-electron chi connectivity index (χ0n) is 11.0. The van der Waals surface area contributed by atoms with Crippen LogP contribution in [0.2, 0.25) is 0 Å². The van der Waals surface area contributed by atoms with Crippen molar-refractivity contribution in [1.29, 1.82) is 0 Å². The smallest absolute Gasteiger partial charge is 0.280 e. The Hall–Kier alpha value is -2.26. The van der Waals surface area contributed by atoms with Crippen LogP contribution in [0.3, 0.4) is 0 Å². The van der Waals surface area contributed by atoms with Crippen LogP contribution < -0.4 is 11.3 Å². The zero-order valence-corrected chi connectivity index (χ0v) is 11.0. The lowest BCUT2D eigenvalue weighted by Crippen LogP contribution is -2.37. The highest BCUT2D eigenvalue weighted by atomic mass is 19.1. The first-order valence-electron chi connectivity index (χ1n) is 6.28. The van der Waals surface area contributed by atoms with Gasteiger partial charge in [0, 0.05) is 6.42 Å². The molecule has 1 aliphatic rings. The molecule has 0 aliphatic heterocycles. The number of hydrogen-bond acceptors (Lipinski definition) is 6. The van der Waals surface area contributed by atoms with E-state index in [2.05, 4.69) is 21.5 Å². The van der Waals surface area contributed by atoms with Gasteiger partial charge < -0.3 is 20.5 Å². The molecular formula is C12H14FN5O3. The summed E-state index contributed by atoms with van der Waals surface area (Å²) < 4.78 is 15.9. The second kappa shape index (κ2) is 4.37. The van der Waals surface area contributed by atoms with Crippen LogP contribution in [0.5, 0.6) is 0 Å². The summed E-state index contributed by atoms with van der Waals surface area (Å²) in [5.74, 6) is -0.0907. The van der Waals surface area contributed by atoms with E-state index >= 15 is 0 Å². The summed E-state index contributed by atoms with van der Waals surface area (Å²) in [6, 6.07) is -0.671. The third-order valence-corrected chi connectivity index (χ3v) is 3.93. The second-order valence-electron chi connectivity index (χ2n) is 5.09. The van der Waals surface area contributed by atoms with Gasteiger partial charge in [0.1, 0.15) is 0 Å². The number of nitrogens with zero attached hydrogens (tertiary/aromatic N) is 3. The largest absolute Gasteiger partial charge is 0.393 e. The molecule has 2 heterocycles. The van der Waals surface area contributed by atoms with Gasteiger partial charge in [-0.15, -0.1) is 0 Å². The number of halogens is 1. The van der Waals surface area contributed by atoms with Gasteiger partial charge in [0.05, 0.1) is 25.1 Å². The summed E-state index contributed by atoms with van der Waals surface area (Å²) in [6.07, 6.45) is -0.0786. The predicted molar refractivity (Wildman–Crippen MR) is 72.3 cm³/mol. The lowest BCUT2D eigenvalue weighted by molar-refractivity contribution is -0.00222. The number of aliphatic hydroxyl groups excluding tert-OH is 2. The quantitative estimate of drug-likeness (QED) is 0.540. The first-order chi connectivity index (χ1) is 9.88. The van der Waals surface area contributed by atoms with E-state index in [0.29, 0.717) is 0 Å². The number of rotatable bonds is 2. The number of alkyl halides is 1. The molecule has 0 aromatic carbocycles. The Kier molecular flexibility index (Phi) is 2.85. The fraction of sp³-hybridized carbons (Fsp3) is 0.417. The minimum Gasteiger partial charge on any atom is -0.393 e. The van der Waals surface area contributed by atoms with E-state index < -0.39 is 30.0 Å². The van der Waals surface area contributed by atoms with E-state index in [9.17, 15) is 19.4 Å². The Morgan fingerprint density at radius 2 is 2.38 bits per heavy atom. The van der Waals surface area contributed by atoms with Crippen molar-refractivity contribution < 1.29 is 14.6 Å². The molecule has 5 N–H and O–H groups in total. The molecule has 3 rings (SSSR count). The highest BCUT2D eigenvalue weighted by molar-refractivity contribution is 5.71. The van der Waals surface area contributed by atoms with Gasteiger partial charge in [-0.25, -0.2) is 9.37 Å². The lowest BCUT2D eigenvalue weighted by Gasteiger charge is -2.22. The molecule has 1 aliphatic carbocycles. The normalized spacial score (nSPS) is 29.4. The van der Waals surface area contributed by atoms with Crippen molar-refractivity contribution in [1.82, 2.24) is 19.5 Å². The van der Waals surface area contributed by atoms with Crippen molar-refractivity contribution in [2.75, 3.05) is 12.3 Å². The van der Waals surface area contributed by atoms with Gasteiger partial charge in [0.15, 0.2) is 16.8 Å². The second-order valence-corrected chi connectivity index (χ2v) is 5.09. The minimum absolute atomic E-state index is 0.00423. The van der Waals surface area contributed by atoms with Gasteiger partial charge in [0.25, 0.3) is 5.56 Å². The number of aliphatic hydroxyl groups is 2. The van der Waals surface area contributed by atoms with Gasteiger partial charge in [0.2, 0.25) is 5.95 Å². The number of nitrogens with one attached hydrogen (secondary N) is 1. The van der Waals surface area contributed by atoms with E-state index in [1.165, 1.54) is 10.9 Å². The van der Waals surface area contributed by atoms with E-state index in [1.807, 2.05) is 0 Å². The summed E-state index contributed by atoms with van der Waals surface area (Å²) in [4.78, 5) is 22.0. The van der Waals surface area contributed by atoms with Gasteiger partial charge in [-0.2, -0.15) is 4.98 Å². The van der Waals surface area contributed by atoms with Crippen LogP contribution in [0.4, 0.5) is 10.3 Å². The third-order valence-electron chi connectivity index (χ3n) is 3.93. The molecule has 1 fully saturated rings. The summed E-state index contributed by atoms with van der Waals surface area (Å²) in [5, 5.41) is 19.0. The number of nitrogens with two attached hydrogens (primary N) is 1. The first kappa shape index (κ1) is 13.7. The lowest BCUT2D eigenvalue weighted by atomic mass is 9.99. The maximum atomic E-state index is 14.5. The first-order valence-corrected chi connectivity index (χ1v) is 6.28. The van der Waals surface area contributed by atoms with Crippen molar-refractivity contribution in [2.45, 2.75) is 24.2 Å². The summed E-state index contributed by atoms with van der Waals surface area (Å²) >= 11 is 0. The SMILES string of the molecule is C=C1[C@@H](n2cnc3c(=O)[nH]c(N)nc32)C[C@H](O)[C@]1(F)CO. The zero-order chi connectivity index (χ0) is 15.4. The number of hydrogen-bond donors (Lipinski definition) is 4. The van der Waals surface area contributed by atoms with Crippen molar-refractivity contribution in [2.24, 2.45) is 0 Å². The average Bonchev–Trinajstić information content (AvgIpc) is 2.94. The maximum Gasteiger partial charge on any atom is 0.280 e. The van der Waals surface area contributed by atoms with Crippen molar-refractivity contribution in [3.63, 3.8) is 0 Å². The molecular weight excluding hydrogens is 281 g/mol. The van der Waals surface area contributed by atoms with E-state index in [0.717, 1.165) is 0 Å². The summed E-state index contributed by atoms with van der Waals surface area (Å²) in [7, 11) is 0. The fourth-order valence-electron chi connectivity index (χ4n) is 2.69. The maximum absolute atomic E-state index is 14.5. The number of aromatic amines is 1. The van der Waals surface area contributed by atoms with Gasteiger partial charge in [-0.1, -0.05) is 6.58 Å². The number of aromatic nitrogens is 4. The van der Waals surface area contributed by atoms with Gasteiger partial charge >= 0.3 is 0 Å². The summed E-state index contributed by atoms with van der Waals surface area (Å²) in [5.41, 5.74) is 2.96. The number of imidazole rings is 1. The molecule has 3 atom stereocenters. The van der Waals surface area contributed by atoms with Gasteiger partial charge in [-0.3, -0.25) is 9.78 Å². The average molecular weight is 295 g/mol. The highest BCUT2D eigenvalue weighted by Crippen LogP contribution is 2.45. The molecule has 8 nitrogen and oxygen atoms in total. The van der Waals surface area contributed by atoms with Crippen LogP contribution in [0.15, 0.2) is 23.3 Å². The molecule has 0 amide bonds. The van der Waals surface area contributed by atoms with Crippen molar-refractivity contribution >= 4 is 17.1 Å². The van der Waals surface area contributed by atoms with Crippen LogP contribution in [0, 0.1) is 0 Å². The molecule has 9 heteroatoms. The molecule has 0 spiro atoms. The Morgan fingerprint density at radius 3 is 3.00 bits per heavy atom. The molecule has 0 bridgehead atoms. The standard InChI is InChI=1S/C12H14FN5O3/c1-5-6(2-7(20)12(5,13)3-19)18-4-15-8-9(18)16-11(14)17-10(8)21/h4,6-7,19-20H,1-3H2,(H3,14,16,17,21)/t6-,7-,12-/m0/s1. The van der Waals surface area contributed by atoms with Crippen LogP contribution in [0.1, 0.15) is 12.5 Å². The molecule has 0 unspecified atom stereocenters. The number of nitrogen functional groups attached to an aromatic ring is 1. The number of fused-ring (bicyclic) bond motifs is 1. The summed E-state index contributed by atoms with van der Waals surface area (Å²) in [6.45, 7) is 2.76. The van der Waals surface area contributed by atoms with Crippen LogP contribution in [0.25, 0.3) is 11.2 Å². The van der Waals surface area contributed by atoms with Gasteiger partial charge in [-0.05, 0) is 5.57 Å². The molecule has 0 radical (unpaired) electrons. The molecule has 2 aromatic rings. The Labute approximate surface area is 117 Å². The van der Waals surface area contributed by atoms with E-state index in [-0.39, 0.29) is 29.1 Å².